The van der Waals surface area contributed by atoms with Gasteiger partial charge in [0.1, 0.15) is 6.54 Å². The van der Waals surface area contributed by atoms with Gasteiger partial charge in [0.2, 0.25) is 0 Å². The molecule has 0 atom stereocenters. The number of sulfonamides is 1. The van der Waals surface area contributed by atoms with E-state index in [1.54, 1.807) is 39.0 Å². The molecule has 0 saturated heterocycles. The highest BCUT2D eigenvalue weighted by Gasteiger charge is 2.20. The summed E-state index contributed by atoms with van der Waals surface area (Å²) in [4.78, 5) is 24.7. The van der Waals surface area contributed by atoms with E-state index in [9.17, 15) is 18.0 Å². The Morgan fingerprint density at radius 1 is 1.11 bits per heavy atom. The van der Waals surface area contributed by atoms with Crippen LogP contribution in [0.1, 0.15) is 28.4 Å². The van der Waals surface area contributed by atoms with Crippen LogP contribution in [0.25, 0.3) is 0 Å². The minimum atomic E-state index is -3.82. The van der Waals surface area contributed by atoms with Gasteiger partial charge in [0, 0.05) is 17.8 Å². The monoisotopic (exact) mass is 390 g/mol. The van der Waals surface area contributed by atoms with Gasteiger partial charge in [-0.1, -0.05) is 18.2 Å². The SMILES string of the molecule is CCN(CC(=O)O)C(=O)c1cccc(NS(=O)(=O)c2cc(C)ccc2C)c1. The summed E-state index contributed by atoms with van der Waals surface area (Å²) in [7, 11) is -3.82. The van der Waals surface area contributed by atoms with Crippen molar-refractivity contribution in [2.45, 2.75) is 25.7 Å². The fourth-order valence-corrected chi connectivity index (χ4v) is 3.98. The van der Waals surface area contributed by atoms with E-state index >= 15 is 0 Å². The molecule has 144 valence electrons. The number of carboxylic acids is 1. The zero-order valence-electron chi connectivity index (χ0n) is 15.4. The molecule has 0 bridgehead atoms. The average Bonchev–Trinajstić information content (AvgIpc) is 2.60. The molecule has 0 aliphatic heterocycles. The minimum Gasteiger partial charge on any atom is -0.480 e. The van der Waals surface area contributed by atoms with Gasteiger partial charge in [-0.05, 0) is 56.2 Å². The third-order valence-corrected chi connectivity index (χ3v) is 5.51. The summed E-state index contributed by atoms with van der Waals surface area (Å²) in [6.07, 6.45) is 0. The predicted molar refractivity (Wildman–Crippen MR) is 102 cm³/mol. The molecule has 27 heavy (non-hydrogen) atoms. The first-order chi connectivity index (χ1) is 12.6. The number of carbonyl (C=O) groups excluding carboxylic acids is 1. The number of carboxylic acid groups (broad SMARTS) is 1. The number of anilines is 1. The van der Waals surface area contributed by atoms with Crippen LogP contribution in [-0.4, -0.2) is 43.4 Å². The van der Waals surface area contributed by atoms with Crippen molar-refractivity contribution in [1.82, 2.24) is 4.90 Å². The lowest BCUT2D eigenvalue weighted by atomic mass is 10.2. The Hall–Kier alpha value is -2.87. The number of aryl methyl sites for hydroxylation is 2. The van der Waals surface area contributed by atoms with E-state index < -0.39 is 28.4 Å². The third-order valence-electron chi connectivity index (χ3n) is 3.99. The Labute approximate surface area is 158 Å². The van der Waals surface area contributed by atoms with Crippen LogP contribution in [0.3, 0.4) is 0 Å². The molecule has 2 rings (SSSR count). The highest BCUT2D eigenvalue weighted by atomic mass is 32.2. The van der Waals surface area contributed by atoms with Gasteiger partial charge in [-0.2, -0.15) is 0 Å². The molecule has 0 heterocycles. The molecular formula is C19H22N2O5S. The first-order valence-corrected chi connectivity index (χ1v) is 9.83. The van der Waals surface area contributed by atoms with Gasteiger partial charge in [-0.25, -0.2) is 8.42 Å². The fourth-order valence-electron chi connectivity index (χ4n) is 2.60. The summed E-state index contributed by atoms with van der Waals surface area (Å²) in [5, 5.41) is 8.91. The van der Waals surface area contributed by atoms with Crippen molar-refractivity contribution >= 4 is 27.6 Å². The number of amides is 1. The highest BCUT2D eigenvalue weighted by molar-refractivity contribution is 7.92. The van der Waals surface area contributed by atoms with Crippen LogP contribution in [0.15, 0.2) is 47.4 Å². The number of aliphatic carboxylic acids is 1. The number of likely N-dealkylation sites (N-methyl/N-ethyl adjacent to an activating group) is 1. The Bertz CT molecular complexity index is 970. The van der Waals surface area contributed by atoms with Crippen molar-refractivity contribution < 1.29 is 23.1 Å². The van der Waals surface area contributed by atoms with Crippen LogP contribution < -0.4 is 4.72 Å². The topological polar surface area (TPSA) is 104 Å². The quantitative estimate of drug-likeness (QED) is 0.756. The lowest BCUT2D eigenvalue weighted by Crippen LogP contribution is -2.35. The zero-order valence-corrected chi connectivity index (χ0v) is 16.2. The number of hydrogen-bond donors (Lipinski definition) is 2. The van der Waals surface area contributed by atoms with E-state index in [4.69, 9.17) is 5.11 Å². The molecule has 0 radical (unpaired) electrons. The Morgan fingerprint density at radius 3 is 2.44 bits per heavy atom. The summed E-state index contributed by atoms with van der Waals surface area (Å²) in [6.45, 7) is 4.99. The second kappa shape index (κ2) is 8.22. The van der Waals surface area contributed by atoms with Crippen molar-refractivity contribution in [3.05, 3.63) is 59.2 Å². The largest absolute Gasteiger partial charge is 0.480 e. The maximum atomic E-state index is 12.7. The van der Waals surface area contributed by atoms with Crippen LogP contribution >= 0.6 is 0 Å². The molecule has 1 amide bonds. The molecule has 2 aromatic carbocycles. The number of nitrogens with one attached hydrogen (secondary N) is 1. The van der Waals surface area contributed by atoms with Gasteiger partial charge in [-0.3, -0.25) is 14.3 Å². The first-order valence-electron chi connectivity index (χ1n) is 8.35. The number of nitrogens with zero attached hydrogens (tertiary/aromatic N) is 1. The van der Waals surface area contributed by atoms with E-state index in [0.29, 0.717) is 5.56 Å². The number of carbonyl (C=O) groups is 2. The average molecular weight is 390 g/mol. The van der Waals surface area contributed by atoms with E-state index in [0.717, 1.165) is 5.56 Å². The van der Waals surface area contributed by atoms with Crippen LogP contribution in [0.5, 0.6) is 0 Å². The smallest absolute Gasteiger partial charge is 0.323 e. The maximum Gasteiger partial charge on any atom is 0.323 e. The van der Waals surface area contributed by atoms with Crippen LogP contribution in [0.2, 0.25) is 0 Å². The summed E-state index contributed by atoms with van der Waals surface area (Å²) < 4.78 is 27.9. The molecule has 8 heteroatoms. The van der Waals surface area contributed by atoms with Crippen molar-refractivity contribution in [2.24, 2.45) is 0 Å². The highest BCUT2D eigenvalue weighted by Crippen LogP contribution is 2.21. The zero-order chi connectivity index (χ0) is 20.2. The lowest BCUT2D eigenvalue weighted by molar-refractivity contribution is -0.137. The Morgan fingerprint density at radius 2 is 1.81 bits per heavy atom. The number of rotatable bonds is 7. The molecule has 0 spiro atoms. The van der Waals surface area contributed by atoms with Gasteiger partial charge < -0.3 is 10.0 Å². The summed E-state index contributed by atoms with van der Waals surface area (Å²) in [5.74, 6) is -1.59. The van der Waals surface area contributed by atoms with Crippen molar-refractivity contribution in [3.8, 4) is 0 Å². The maximum absolute atomic E-state index is 12.7. The Kier molecular flexibility index (Phi) is 6.22. The summed E-state index contributed by atoms with van der Waals surface area (Å²) in [6, 6.07) is 11.1. The molecule has 2 N–H and O–H groups in total. The molecule has 7 nitrogen and oxygen atoms in total. The third kappa shape index (κ3) is 5.07. The summed E-state index contributed by atoms with van der Waals surface area (Å²) >= 11 is 0. The summed E-state index contributed by atoms with van der Waals surface area (Å²) in [5.41, 5.74) is 1.86. The van der Waals surface area contributed by atoms with Crippen molar-refractivity contribution in [1.29, 1.82) is 0 Å². The standard InChI is InChI=1S/C19H22N2O5S/c1-4-21(12-18(22)23)19(24)15-6-5-7-16(11-15)20-27(25,26)17-10-13(2)8-9-14(17)3/h5-11,20H,4,12H2,1-3H3,(H,22,23). The Balaban J connectivity index is 2.31. The molecule has 0 saturated carbocycles. The van der Waals surface area contributed by atoms with E-state index in [-0.39, 0.29) is 22.7 Å². The lowest BCUT2D eigenvalue weighted by Gasteiger charge is -2.19. The first kappa shape index (κ1) is 20.4. The van der Waals surface area contributed by atoms with Gasteiger partial charge in [0.15, 0.2) is 0 Å². The van der Waals surface area contributed by atoms with Gasteiger partial charge >= 0.3 is 5.97 Å². The van der Waals surface area contributed by atoms with Crippen LogP contribution in [0, 0.1) is 13.8 Å². The van der Waals surface area contributed by atoms with E-state index in [2.05, 4.69) is 4.72 Å². The predicted octanol–water partition coefficient (Wildman–Crippen LogP) is 2.65. The number of hydrogen-bond acceptors (Lipinski definition) is 4. The second-order valence-electron chi connectivity index (χ2n) is 6.17. The van der Waals surface area contributed by atoms with Gasteiger partial charge in [-0.15, -0.1) is 0 Å². The fraction of sp³-hybridized carbons (Fsp3) is 0.263. The van der Waals surface area contributed by atoms with Crippen LogP contribution in [0.4, 0.5) is 5.69 Å². The van der Waals surface area contributed by atoms with Gasteiger partial charge in [0.25, 0.3) is 15.9 Å². The molecular weight excluding hydrogens is 368 g/mol. The molecule has 0 aromatic heterocycles. The molecule has 2 aromatic rings. The van der Waals surface area contributed by atoms with Crippen molar-refractivity contribution in [2.75, 3.05) is 17.8 Å². The van der Waals surface area contributed by atoms with Gasteiger partial charge in [0.05, 0.1) is 4.90 Å². The normalized spacial score (nSPS) is 11.1. The van der Waals surface area contributed by atoms with Crippen molar-refractivity contribution in [3.63, 3.8) is 0 Å². The van der Waals surface area contributed by atoms with E-state index in [1.165, 1.54) is 23.1 Å². The number of benzene rings is 2. The minimum absolute atomic E-state index is 0.167. The molecule has 0 aliphatic carbocycles. The molecule has 0 aliphatic rings. The second-order valence-corrected chi connectivity index (χ2v) is 7.82. The van der Waals surface area contributed by atoms with E-state index in [1.807, 2.05) is 6.07 Å². The molecule has 0 unspecified atom stereocenters. The van der Waals surface area contributed by atoms with Crippen LogP contribution in [-0.2, 0) is 14.8 Å². The molecule has 0 fully saturated rings.